The Kier molecular flexibility index (Phi) is 3.38. The normalized spacial score (nSPS) is 16.8. The Morgan fingerprint density at radius 3 is 2.57 bits per heavy atom. The van der Waals surface area contributed by atoms with Crippen LogP contribution >= 0.6 is 15.9 Å². The SMILES string of the molecule is Brc1ccccc1C=C1CCNCC1. The molecule has 74 valence electrons. The summed E-state index contributed by atoms with van der Waals surface area (Å²) < 4.78 is 1.19. The molecule has 0 atom stereocenters. The van der Waals surface area contributed by atoms with Crippen LogP contribution in [0.3, 0.4) is 0 Å². The van der Waals surface area contributed by atoms with Crippen LogP contribution < -0.4 is 5.32 Å². The van der Waals surface area contributed by atoms with Crippen LogP contribution in [0, 0.1) is 0 Å². The van der Waals surface area contributed by atoms with Crippen molar-refractivity contribution in [2.24, 2.45) is 0 Å². The van der Waals surface area contributed by atoms with Gasteiger partial charge >= 0.3 is 0 Å². The first kappa shape index (κ1) is 9.94. The first-order chi connectivity index (χ1) is 6.86. The van der Waals surface area contributed by atoms with E-state index >= 15 is 0 Å². The predicted octanol–water partition coefficient (Wildman–Crippen LogP) is 3.22. The molecular formula is C12H14BrN. The molecule has 1 nitrogen and oxygen atoms in total. The average Bonchev–Trinajstić information content (AvgIpc) is 2.23. The number of piperidine rings is 1. The predicted molar refractivity (Wildman–Crippen MR) is 64.2 cm³/mol. The Morgan fingerprint density at radius 2 is 1.86 bits per heavy atom. The van der Waals surface area contributed by atoms with Crippen LogP contribution in [0.15, 0.2) is 34.3 Å². The Morgan fingerprint density at radius 1 is 1.14 bits per heavy atom. The zero-order valence-corrected chi connectivity index (χ0v) is 9.68. The summed E-state index contributed by atoms with van der Waals surface area (Å²) in [5.41, 5.74) is 2.85. The minimum absolute atomic E-state index is 1.12. The minimum Gasteiger partial charge on any atom is -0.316 e. The maximum Gasteiger partial charge on any atom is 0.0247 e. The summed E-state index contributed by atoms with van der Waals surface area (Å²) in [5.74, 6) is 0. The Labute approximate surface area is 93.3 Å². The van der Waals surface area contributed by atoms with Crippen molar-refractivity contribution in [2.75, 3.05) is 13.1 Å². The standard InChI is InChI=1S/C12H14BrN/c13-12-4-2-1-3-11(12)9-10-5-7-14-8-6-10/h1-4,9,14H,5-8H2. The van der Waals surface area contributed by atoms with E-state index in [2.05, 4.69) is 51.6 Å². The van der Waals surface area contributed by atoms with Crippen LogP contribution in [0.2, 0.25) is 0 Å². The Bertz CT molecular complexity index is 336. The van der Waals surface area contributed by atoms with Crippen molar-refractivity contribution in [2.45, 2.75) is 12.8 Å². The molecule has 1 aromatic rings. The highest BCUT2D eigenvalue weighted by molar-refractivity contribution is 9.10. The lowest BCUT2D eigenvalue weighted by Crippen LogP contribution is -2.22. The Balaban J connectivity index is 2.19. The molecule has 0 saturated carbocycles. The van der Waals surface area contributed by atoms with Crippen molar-refractivity contribution < 1.29 is 0 Å². The van der Waals surface area contributed by atoms with Crippen LogP contribution in [-0.4, -0.2) is 13.1 Å². The fourth-order valence-electron chi connectivity index (χ4n) is 1.70. The van der Waals surface area contributed by atoms with Gasteiger partial charge in [-0.1, -0.05) is 45.8 Å². The second-order valence-electron chi connectivity index (χ2n) is 3.57. The van der Waals surface area contributed by atoms with E-state index in [1.165, 1.54) is 22.9 Å². The van der Waals surface area contributed by atoms with Crippen molar-refractivity contribution in [3.8, 4) is 0 Å². The van der Waals surface area contributed by atoms with E-state index in [0.29, 0.717) is 0 Å². The number of rotatable bonds is 1. The largest absolute Gasteiger partial charge is 0.316 e. The number of hydrogen-bond donors (Lipinski definition) is 1. The van der Waals surface area contributed by atoms with E-state index in [-0.39, 0.29) is 0 Å². The van der Waals surface area contributed by atoms with Gasteiger partial charge in [-0.15, -0.1) is 0 Å². The van der Waals surface area contributed by atoms with Gasteiger partial charge in [-0.3, -0.25) is 0 Å². The molecule has 0 spiro atoms. The van der Waals surface area contributed by atoms with E-state index in [0.717, 1.165) is 13.1 Å². The second kappa shape index (κ2) is 4.76. The lowest BCUT2D eigenvalue weighted by atomic mass is 10.0. The monoisotopic (exact) mass is 251 g/mol. The van der Waals surface area contributed by atoms with Gasteiger partial charge in [0.2, 0.25) is 0 Å². The van der Waals surface area contributed by atoms with E-state index < -0.39 is 0 Å². The highest BCUT2D eigenvalue weighted by Crippen LogP contribution is 2.21. The third kappa shape index (κ3) is 2.46. The van der Waals surface area contributed by atoms with Crippen molar-refractivity contribution in [1.29, 1.82) is 0 Å². The van der Waals surface area contributed by atoms with Gasteiger partial charge in [-0.2, -0.15) is 0 Å². The van der Waals surface area contributed by atoms with Crippen LogP contribution in [0.4, 0.5) is 0 Å². The number of nitrogens with one attached hydrogen (secondary N) is 1. The molecule has 0 unspecified atom stereocenters. The molecule has 0 bridgehead atoms. The highest BCUT2D eigenvalue weighted by Gasteiger charge is 2.04. The number of hydrogen-bond acceptors (Lipinski definition) is 1. The van der Waals surface area contributed by atoms with E-state index in [9.17, 15) is 0 Å². The van der Waals surface area contributed by atoms with Gasteiger partial charge in [0.05, 0.1) is 0 Å². The van der Waals surface area contributed by atoms with Gasteiger partial charge in [0.25, 0.3) is 0 Å². The fourth-order valence-corrected chi connectivity index (χ4v) is 2.10. The summed E-state index contributed by atoms with van der Waals surface area (Å²) in [6.07, 6.45) is 4.67. The molecule has 14 heavy (non-hydrogen) atoms. The molecule has 1 saturated heterocycles. The number of halogens is 1. The van der Waals surface area contributed by atoms with Gasteiger partial charge in [-0.05, 0) is 37.6 Å². The zero-order valence-electron chi connectivity index (χ0n) is 8.09. The average molecular weight is 252 g/mol. The molecule has 1 fully saturated rings. The third-order valence-corrected chi connectivity index (χ3v) is 3.23. The minimum atomic E-state index is 1.12. The molecule has 1 aliphatic rings. The molecule has 0 aliphatic carbocycles. The van der Waals surface area contributed by atoms with Gasteiger partial charge in [0, 0.05) is 4.47 Å². The highest BCUT2D eigenvalue weighted by atomic mass is 79.9. The second-order valence-corrected chi connectivity index (χ2v) is 4.43. The molecule has 0 aromatic heterocycles. The van der Waals surface area contributed by atoms with Gasteiger partial charge < -0.3 is 5.32 Å². The summed E-state index contributed by atoms with van der Waals surface area (Å²) in [6.45, 7) is 2.24. The van der Waals surface area contributed by atoms with E-state index in [1.807, 2.05) is 0 Å². The lowest BCUT2D eigenvalue weighted by Gasteiger charge is -2.15. The first-order valence-corrected chi connectivity index (χ1v) is 5.80. The maximum atomic E-state index is 3.56. The molecule has 2 rings (SSSR count). The van der Waals surface area contributed by atoms with Crippen LogP contribution in [0.5, 0.6) is 0 Å². The van der Waals surface area contributed by atoms with Gasteiger partial charge in [0.1, 0.15) is 0 Å². The van der Waals surface area contributed by atoms with Crippen LogP contribution in [-0.2, 0) is 0 Å². The summed E-state index contributed by atoms with van der Waals surface area (Å²) in [7, 11) is 0. The van der Waals surface area contributed by atoms with Crippen LogP contribution in [0.25, 0.3) is 6.08 Å². The smallest absolute Gasteiger partial charge is 0.0247 e. The van der Waals surface area contributed by atoms with E-state index in [1.54, 1.807) is 5.57 Å². The summed E-state index contributed by atoms with van der Waals surface area (Å²) in [5, 5.41) is 3.36. The summed E-state index contributed by atoms with van der Waals surface area (Å²) in [6, 6.07) is 8.37. The lowest BCUT2D eigenvalue weighted by molar-refractivity contribution is 0.613. The molecule has 0 radical (unpaired) electrons. The zero-order chi connectivity index (χ0) is 9.80. The van der Waals surface area contributed by atoms with Crippen molar-refractivity contribution >= 4 is 22.0 Å². The maximum absolute atomic E-state index is 3.56. The van der Waals surface area contributed by atoms with Crippen LogP contribution in [0.1, 0.15) is 18.4 Å². The molecule has 2 heteroatoms. The molecule has 0 amide bonds. The first-order valence-electron chi connectivity index (χ1n) is 5.01. The Hall–Kier alpha value is -0.600. The third-order valence-electron chi connectivity index (χ3n) is 2.51. The molecule has 1 heterocycles. The van der Waals surface area contributed by atoms with Gasteiger partial charge in [-0.25, -0.2) is 0 Å². The van der Waals surface area contributed by atoms with Crippen molar-refractivity contribution in [3.05, 3.63) is 39.9 Å². The molecular weight excluding hydrogens is 238 g/mol. The summed E-state index contributed by atoms with van der Waals surface area (Å²) >= 11 is 3.56. The molecule has 1 aromatic carbocycles. The topological polar surface area (TPSA) is 12.0 Å². The quantitative estimate of drug-likeness (QED) is 0.809. The van der Waals surface area contributed by atoms with E-state index in [4.69, 9.17) is 0 Å². The van der Waals surface area contributed by atoms with Crippen molar-refractivity contribution in [3.63, 3.8) is 0 Å². The molecule has 1 N–H and O–H groups in total. The fraction of sp³-hybridized carbons (Fsp3) is 0.333. The van der Waals surface area contributed by atoms with Crippen molar-refractivity contribution in [1.82, 2.24) is 5.32 Å². The number of benzene rings is 1. The van der Waals surface area contributed by atoms with Gasteiger partial charge in [0.15, 0.2) is 0 Å². The molecule has 1 aliphatic heterocycles. The summed E-state index contributed by atoms with van der Waals surface area (Å²) in [4.78, 5) is 0.